The van der Waals surface area contributed by atoms with Crippen LogP contribution in [0.15, 0.2) is 29.2 Å². The molecule has 21 heavy (non-hydrogen) atoms. The fourth-order valence-corrected chi connectivity index (χ4v) is 2.81. The third-order valence-corrected chi connectivity index (χ3v) is 4.97. The molecule has 2 N–H and O–H groups in total. The molecule has 0 heterocycles. The van der Waals surface area contributed by atoms with E-state index < -0.39 is 31.7 Å². The first-order valence-corrected chi connectivity index (χ1v) is 7.50. The first-order valence-electron chi connectivity index (χ1n) is 6.01. The van der Waals surface area contributed by atoms with Crippen LogP contribution in [0.4, 0.5) is 18.9 Å². The molecule has 0 saturated heterocycles. The molecule has 1 aliphatic rings. The Morgan fingerprint density at radius 2 is 1.71 bits per heavy atom. The van der Waals surface area contributed by atoms with Crippen molar-refractivity contribution in [3.63, 3.8) is 0 Å². The van der Waals surface area contributed by atoms with Gasteiger partial charge in [0.15, 0.2) is 0 Å². The van der Waals surface area contributed by atoms with Gasteiger partial charge in [0.1, 0.15) is 5.54 Å². The maximum Gasteiger partial charge on any atom is 0.501 e. The molecule has 0 radical (unpaired) electrons. The maximum absolute atomic E-state index is 12.4. The number of sulfone groups is 1. The lowest BCUT2D eigenvalue weighted by Crippen LogP contribution is -2.52. The molecule has 2 rings (SSSR count). The molecule has 1 aromatic carbocycles. The van der Waals surface area contributed by atoms with Gasteiger partial charge in [-0.25, -0.2) is 13.2 Å². The van der Waals surface area contributed by atoms with E-state index in [2.05, 4.69) is 5.32 Å². The monoisotopic (exact) mass is 323 g/mol. The summed E-state index contributed by atoms with van der Waals surface area (Å²) in [5.74, 6) is -1.04. The number of nitrogens with one attached hydrogen (secondary N) is 1. The van der Waals surface area contributed by atoms with E-state index in [1.807, 2.05) is 0 Å². The zero-order valence-corrected chi connectivity index (χ0v) is 11.5. The second kappa shape index (κ2) is 4.90. The highest BCUT2D eigenvalue weighted by Gasteiger charge is 2.47. The van der Waals surface area contributed by atoms with Gasteiger partial charge in [0.2, 0.25) is 0 Å². The van der Waals surface area contributed by atoms with E-state index in [-0.39, 0.29) is 5.69 Å². The van der Waals surface area contributed by atoms with Gasteiger partial charge in [-0.2, -0.15) is 13.2 Å². The zero-order valence-electron chi connectivity index (χ0n) is 10.6. The minimum atomic E-state index is -5.39. The Morgan fingerprint density at radius 3 is 2.05 bits per heavy atom. The third-order valence-electron chi connectivity index (χ3n) is 3.47. The summed E-state index contributed by atoms with van der Waals surface area (Å²) in [5, 5.41) is 11.9. The lowest BCUT2D eigenvalue weighted by Gasteiger charge is -2.39. The second-order valence-corrected chi connectivity index (χ2v) is 6.78. The normalized spacial score (nSPS) is 17.9. The molecule has 0 aromatic heterocycles. The number of carbonyl (C=O) groups is 1. The summed E-state index contributed by atoms with van der Waals surface area (Å²) in [6.07, 6.45) is 1.55. The number of hydrogen-bond donors (Lipinski definition) is 2. The third kappa shape index (κ3) is 2.69. The number of carboxylic acid groups (broad SMARTS) is 1. The van der Waals surface area contributed by atoms with Gasteiger partial charge in [-0.3, -0.25) is 0 Å². The van der Waals surface area contributed by atoms with Crippen molar-refractivity contribution < 1.29 is 31.5 Å². The predicted molar refractivity (Wildman–Crippen MR) is 67.5 cm³/mol. The van der Waals surface area contributed by atoms with E-state index in [0.717, 1.165) is 30.7 Å². The lowest BCUT2D eigenvalue weighted by atomic mass is 9.76. The summed E-state index contributed by atoms with van der Waals surface area (Å²) in [6.45, 7) is 0. The molecular formula is C12H12F3NO4S. The van der Waals surface area contributed by atoms with E-state index in [0.29, 0.717) is 12.8 Å². The fourth-order valence-electron chi connectivity index (χ4n) is 2.05. The van der Waals surface area contributed by atoms with Gasteiger partial charge in [-0.15, -0.1) is 0 Å². The van der Waals surface area contributed by atoms with Crippen molar-refractivity contribution in [2.24, 2.45) is 0 Å². The van der Waals surface area contributed by atoms with Crippen molar-refractivity contribution in [3.05, 3.63) is 24.3 Å². The van der Waals surface area contributed by atoms with Crippen LogP contribution in [-0.2, 0) is 14.6 Å². The van der Waals surface area contributed by atoms with E-state index >= 15 is 0 Å². The topological polar surface area (TPSA) is 83.5 Å². The van der Waals surface area contributed by atoms with E-state index in [4.69, 9.17) is 5.11 Å². The van der Waals surface area contributed by atoms with Crippen molar-refractivity contribution in [2.45, 2.75) is 35.2 Å². The Bertz CT molecular complexity index is 648. The van der Waals surface area contributed by atoms with Gasteiger partial charge in [-0.05, 0) is 43.5 Å². The van der Waals surface area contributed by atoms with Crippen LogP contribution in [0, 0.1) is 0 Å². The number of benzene rings is 1. The Hall–Kier alpha value is -1.77. The smallest absolute Gasteiger partial charge is 0.480 e. The van der Waals surface area contributed by atoms with Crippen LogP contribution in [0.2, 0.25) is 0 Å². The molecule has 116 valence electrons. The highest BCUT2D eigenvalue weighted by atomic mass is 32.2. The summed E-state index contributed by atoms with van der Waals surface area (Å²) in [7, 11) is -5.39. The standard InChI is InChI=1S/C12H12F3NO4S/c13-12(14,15)21(19,20)9-4-2-8(3-5-9)16-11(10(17)18)6-1-7-11/h2-5,16H,1,6-7H2,(H,17,18). The summed E-state index contributed by atoms with van der Waals surface area (Å²) in [5.41, 5.74) is -6.22. The Labute approximate surface area is 118 Å². The number of rotatable bonds is 4. The van der Waals surface area contributed by atoms with Crippen LogP contribution in [-0.4, -0.2) is 30.5 Å². The molecule has 0 amide bonds. The number of aliphatic carboxylic acids is 1. The summed E-state index contributed by atoms with van der Waals surface area (Å²) in [6, 6.07) is 3.86. The van der Waals surface area contributed by atoms with Crippen LogP contribution in [0.25, 0.3) is 0 Å². The molecule has 0 atom stereocenters. The number of halogens is 3. The average molecular weight is 323 g/mol. The largest absolute Gasteiger partial charge is 0.501 e. The lowest BCUT2D eigenvalue weighted by molar-refractivity contribution is -0.145. The quantitative estimate of drug-likeness (QED) is 0.889. The number of carboxylic acids is 1. The zero-order chi connectivity index (χ0) is 15.9. The molecule has 5 nitrogen and oxygen atoms in total. The first kappa shape index (κ1) is 15.6. The first-order chi connectivity index (χ1) is 9.58. The second-order valence-electron chi connectivity index (χ2n) is 4.84. The molecule has 1 fully saturated rings. The molecule has 0 spiro atoms. The van der Waals surface area contributed by atoms with E-state index in [9.17, 15) is 26.4 Å². The highest BCUT2D eigenvalue weighted by molar-refractivity contribution is 7.92. The highest BCUT2D eigenvalue weighted by Crippen LogP contribution is 2.36. The van der Waals surface area contributed by atoms with Crippen molar-refractivity contribution >= 4 is 21.5 Å². The van der Waals surface area contributed by atoms with Crippen LogP contribution >= 0.6 is 0 Å². The Kier molecular flexibility index (Phi) is 3.64. The number of alkyl halides is 3. The summed E-state index contributed by atoms with van der Waals surface area (Å²) in [4.78, 5) is 10.3. The van der Waals surface area contributed by atoms with Crippen LogP contribution in [0.3, 0.4) is 0 Å². The SMILES string of the molecule is O=C(O)C1(Nc2ccc(S(=O)(=O)C(F)(F)F)cc2)CCC1. The molecule has 0 unspecified atom stereocenters. The average Bonchev–Trinajstić information content (AvgIpc) is 2.32. The van der Waals surface area contributed by atoms with Crippen LogP contribution < -0.4 is 5.32 Å². The Morgan fingerprint density at radius 1 is 1.19 bits per heavy atom. The minimum Gasteiger partial charge on any atom is -0.480 e. The predicted octanol–water partition coefficient (Wildman–Crippen LogP) is 2.40. The van der Waals surface area contributed by atoms with E-state index in [1.54, 1.807) is 0 Å². The van der Waals surface area contributed by atoms with Crippen LogP contribution in [0.1, 0.15) is 19.3 Å². The van der Waals surface area contributed by atoms with Gasteiger partial charge in [0.05, 0.1) is 4.90 Å². The Balaban J connectivity index is 2.23. The molecule has 0 aliphatic heterocycles. The van der Waals surface area contributed by atoms with E-state index in [1.165, 1.54) is 0 Å². The molecule has 0 bridgehead atoms. The molecule has 9 heteroatoms. The minimum absolute atomic E-state index is 0.262. The maximum atomic E-state index is 12.4. The molecule has 1 saturated carbocycles. The van der Waals surface area contributed by atoms with Gasteiger partial charge in [0.25, 0.3) is 9.84 Å². The number of hydrogen-bond acceptors (Lipinski definition) is 4. The number of anilines is 1. The fraction of sp³-hybridized carbons (Fsp3) is 0.417. The van der Waals surface area contributed by atoms with Crippen molar-refractivity contribution in [2.75, 3.05) is 5.32 Å². The van der Waals surface area contributed by atoms with Crippen molar-refractivity contribution in [1.29, 1.82) is 0 Å². The molecule has 1 aliphatic carbocycles. The van der Waals surface area contributed by atoms with Gasteiger partial charge in [-0.1, -0.05) is 0 Å². The summed E-state index contributed by atoms with van der Waals surface area (Å²) < 4.78 is 59.5. The van der Waals surface area contributed by atoms with Crippen molar-refractivity contribution in [3.8, 4) is 0 Å². The van der Waals surface area contributed by atoms with Gasteiger partial charge >= 0.3 is 11.5 Å². The van der Waals surface area contributed by atoms with Gasteiger partial charge in [0, 0.05) is 5.69 Å². The molecule has 1 aromatic rings. The summed E-state index contributed by atoms with van der Waals surface area (Å²) >= 11 is 0. The van der Waals surface area contributed by atoms with Gasteiger partial charge < -0.3 is 10.4 Å². The molecular weight excluding hydrogens is 311 g/mol. The van der Waals surface area contributed by atoms with Crippen LogP contribution in [0.5, 0.6) is 0 Å². The van der Waals surface area contributed by atoms with Crippen molar-refractivity contribution in [1.82, 2.24) is 0 Å².